The third-order valence-electron chi connectivity index (χ3n) is 2.31. The van der Waals surface area contributed by atoms with Gasteiger partial charge in [-0.05, 0) is 28.7 Å². The van der Waals surface area contributed by atoms with Crippen molar-refractivity contribution in [2.24, 2.45) is 5.92 Å². The molecule has 0 fully saturated rings. The molecule has 62 valence electrons. The molecule has 1 heteroatoms. The second kappa shape index (κ2) is 2.67. The van der Waals surface area contributed by atoms with Crippen LogP contribution in [0.3, 0.4) is 0 Å². The molecule has 0 heterocycles. The van der Waals surface area contributed by atoms with E-state index in [0.29, 0.717) is 5.92 Å². The van der Waals surface area contributed by atoms with Crippen molar-refractivity contribution in [2.75, 3.05) is 0 Å². The molecule has 0 bridgehead atoms. The van der Waals surface area contributed by atoms with Gasteiger partial charge >= 0.3 is 0 Å². The Kier molecular flexibility index (Phi) is 1.76. The Morgan fingerprint density at radius 3 is 2.67 bits per heavy atom. The molecule has 2 rings (SSSR count). The lowest BCUT2D eigenvalue weighted by molar-refractivity contribution is 0.792. The number of hydrogen-bond acceptors (Lipinski definition) is 1. The molecule has 0 N–H and O–H groups in total. The molecule has 2 aliphatic carbocycles. The van der Waals surface area contributed by atoms with Crippen molar-refractivity contribution in [3.63, 3.8) is 0 Å². The number of hydrogen-bond donors (Lipinski definition) is 1. The van der Waals surface area contributed by atoms with E-state index in [0.717, 1.165) is 4.91 Å². The van der Waals surface area contributed by atoms with Gasteiger partial charge in [-0.3, -0.25) is 0 Å². The highest BCUT2D eigenvalue weighted by molar-refractivity contribution is 7.84. The van der Waals surface area contributed by atoms with E-state index in [2.05, 4.69) is 50.8 Å². The van der Waals surface area contributed by atoms with Gasteiger partial charge in [-0.25, -0.2) is 0 Å². The molecule has 0 aromatic carbocycles. The van der Waals surface area contributed by atoms with Crippen LogP contribution in [0.25, 0.3) is 0 Å². The van der Waals surface area contributed by atoms with Crippen molar-refractivity contribution in [2.45, 2.75) is 13.8 Å². The molecule has 0 unspecified atom stereocenters. The van der Waals surface area contributed by atoms with Gasteiger partial charge in [-0.1, -0.05) is 32.1 Å². The summed E-state index contributed by atoms with van der Waals surface area (Å²) < 4.78 is 0. The van der Waals surface area contributed by atoms with E-state index in [1.54, 1.807) is 0 Å². The van der Waals surface area contributed by atoms with Gasteiger partial charge in [0.25, 0.3) is 0 Å². The lowest BCUT2D eigenvalue weighted by Gasteiger charge is -2.05. The molecule has 0 aromatic rings. The Bertz CT molecular complexity index is 338. The van der Waals surface area contributed by atoms with Crippen LogP contribution in [-0.2, 0) is 0 Å². The number of fused-ring (bicyclic) bond motifs is 1. The molecule has 0 radical (unpaired) electrons. The minimum absolute atomic E-state index is 0.574. The minimum Gasteiger partial charge on any atom is -0.142 e. The van der Waals surface area contributed by atoms with Gasteiger partial charge < -0.3 is 0 Å². The Morgan fingerprint density at radius 1 is 1.33 bits per heavy atom. The van der Waals surface area contributed by atoms with Crippen molar-refractivity contribution in [3.8, 4) is 0 Å². The molecule has 2 aliphatic rings. The molecular formula is C11H12S. The third-order valence-corrected chi connectivity index (χ3v) is 2.81. The zero-order valence-electron chi connectivity index (χ0n) is 7.33. The zero-order valence-corrected chi connectivity index (χ0v) is 8.23. The van der Waals surface area contributed by atoms with Gasteiger partial charge in [0.1, 0.15) is 0 Å². The van der Waals surface area contributed by atoms with Crippen LogP contribution >= 0.6 is 12.6 Å². The smallest absolute Gasteiger partial charge is 0.0154 e. The van der Waals surface area contributed by atoms with Gasteiger partial charge in [-0.2, -0.15) is 0 Å². The first-order chi connectivity index (χ1) is 5.70. The number of rotatable bonds is 1. The Morgan fingerprint density at radius 2 is 2.08 bits per heavy atom. The summed E-state index contributed by atoms with van der Waals surface area (Å²) in [7, 11) is 0. The van der Waals surface area contributed by atoms with Crippen molar-refractivity contribution in [1.29, 1.82) is 0 Å². The fraction of sp³-hybridized carbons (Fsp3) is 0.273. The summed E-state index contributed by atoms with van der Waals surface area (Å²) in [5, 5.41) is 0. The van der Waals surface area contributed by atoms with Crippen LogP contribution < -0.4 is 0 Å². The van der Waals surface area contributed by atoms with Crippen molar-refractivity contribution in [3.05, 3.63) is 45.9 Å². The fourth-order valence-electron chi connectivity index (χ4n) is 1.61. The van der Waals surface area contributed by atoms with Gasteiger partial charge in [0.2, 0.25) is 0 Å². The molecule has 0 aliphatic heterocycles. The highest BCUT2D eigenvalue weighted by Gasteiger charge is 2.20. The third kappa shape index (κ3) is 1.00. The Balaban J connectivity index is 2.45. The fourth-order valence-corrected chi connectivity index (χ4v) is 2.13. The Hall–Kier alpha value is -0.690. The van der Waals surface area contributed by atoms with E-state index < -0.39 is 0 Å². The minimum atomic E-state index is 0.574. The number of allylic oxidation sites excluding steroid dienone is 7. The zero-order chi connectivity index (χ0) is 8.72. The van der Waals surface area contributed by atoms with E-state index >= 15 is 0 Å². The largest absolute Gasteiger partial charge is 0.142 e. The molecular weight excluding hydrogens is 164 g/mol. The SMILES string of the molecule is CC(C)C1=C(S)C2=CC=CC2=C1. The van der Waals surface area contributed by atoms with Crippen LogP contribution in [0.4, 0.5) is 0 Å². The Labute approximate surface area is 78.8 Å². The summed E-state index contributed by atoms with van der Waals surface area (Å²) in [6.45, 7) is 4.40. The molecule has 0 amide bonds. The average molecular weight is 176 g/mol. The van der Waals surface area contributed by atoms with Crippen LogP contribution in [0, 0.1) is 5.92 Å². The van der Waals surface area contributed by atoms with Gasteiger partial charge in [0.15, 0.2) is 0 Å². The standard InChI is InChI=1S/C11H12S/c1-7(2)10-6-8-4-3-5-9(8)11(10)12/h3-7,12H,1-2H3. The number of thiol groups is 1. The second-order valence-electron chi connectivity index (χ2n) is 3.50. The normalized spacial score (nSPS) is 20.3. The van der Waals surface area contributed by atoms with E-state index in [-0.39, 0.29) is 0 Å². The van der Waals surface area contributed by atoms with E-state index in [9.17, 15) is 0 Å². The first kappa shape index (κ1) is 7.93. The maximum Gasteiger partial charge on any atom is 0.0154 e. The van der Waals surface area contributed by atoms with Gasteiger partial charge in [0, 0.05) is 4.91 Å². The highest BCUT2D eigenvalue weighted by Crippen LogP contribution is 2.39. The van der Waals surface area contributed by atoms with E-state index in [1.807, 2.05) is 0 Å². The van der Waals surface area contributed by atoms with Crippen LogP contribution in [0.1, 0.15) is 13.8 Å². The maximum absolute atomic E-state index is 4.52. The first-order valence-corrected chi connectivity index (χ1v) is 4.69. The van der Waals surface area contributed by atoms with Crippen molar-refractivity contribution >= 4 is 12.6 Å². The van der Waals surface area contributed by atoms with Crippen LogP contribution in [0.15, 0.2) is 45.9 Å². The lowest BCUT2D eigenvalue weighted by Crippen LogP contribution is -1.89. The molecule has 0 aromatic heterocycles. The summed E-state index contributed by atoms with van der Waals surface area (Å²) in [6.07, 6.45) is 8.58. The van der Waals surface area contributed by atoms with Crippen molar-refractivity contribution < 1.29 is 0 Å². The van der Waals surface area contributed by atoms with Crippen molar-refractivity contribution in [1.82, 2.24) is 0 Å². The van der Waals surface area contributed by atoms with Crippen LogP contribution in [0.2, 0.25) is 0 Å². The van der Waals surface area contributed by atoms with Crippen LogP contribution in [-0.4, -0.2) is 0 Å². The topological polar surface area (TPSA) is 0 Å². The summed E-state index contributed by atoms with van der Waals surface area (Å²) in [5.74, 6) is 0.574. The van der Waals surface area contributed by atoms with Gasteiger partial charge in [-0.15, -0.1) is 12.6 Å². The molecule has 0 saturated heterocycles. The van der Waals surface area contributed by atoms with Crippen LogP contribution in [0.5, 0.6) is 0 Å². The molecule has 0 saturated carbocycles. The summed E-state index contributed by atoms with van der Waals surface area (Å²) in [6, 6.07) is 0. The second-order valence-corrected chi connectivity index (χ2v) is 3.95. The predicted molar refractivity (Wildman–Crippen MR) is 56.2 cm³/mol. The van der Waals surface area contributed by atoms with Gasteiger partial charge in [0.05, 0.1) is 0 Å². The van der Waals surface area contributed by atoms with E-state index in [1.165, 1.54) is 16.7 Å². The summed E-state index contributed by atoms with van der Waals surface area (Å²) in [5.41, 5.74) is 3.98. The molecule has 0 nitrogen and oxygen atoms in total. The monoisotopic (exact) mass is 176 g/mol. The lowest BCUT2D eigenvalue weighted by atomic mass is 10.0. The molecule has 12 heavy (non-hydrogen) atoms. The molecule has 0 atom stereocenters. The maximum atomic E-state index is 4.52. The first-order valence-electron chi connectivity index (χ1n) is 4.24. The predicted octanol–water partition coefficient (Wildman–Crippen LogP) is 3.26. The van der Waals surface area contributed by atoms with E-state index in [4.69, 9.17) is 0 Å². The summed E-state index contributed by atoms with van der Waals surface area (Å²) >= 11 is 4.52. The quantitative estimate of drug-likeness (QED) is 0.582. The highest BCUT2D eigenvalue weighted by atomic mass is 32.1. The molecule has 0 spiro atoms. The average Bonchev–Trinajstić information content (AvgIpc) is 2.53. The summed E-state index contributed by atoms with van der Waals surface area (Å²) in [4.78, 5) is 1.16.